The first-order chi connectivity index (χ1) is 11.6. The van der Waals surface area contributed by atoms with Gasteiger partial charge in [-0.05, 0) is 38.2 Å². The van der Waals surface area contributed by atoms with Crippen molar-refractivity contribution < 1.29 is 9.53 Å². The van der Waals surface area contributed by atoms with E-state index in [1.807, 2.05) is 0 Å². The second-order valence-corrected chi connectivity index (χ2v) is 5.58. The molecule has 25 heavy (non-hydrogen) atoms. The summed E-state index contributed by atoms with van der Waals surface area (Å²) in [7, 11) is 1.57. The van der Waals surface area contributed by atoms with E-state index in [0.717, 1.165) is 26.1 Å². The van der Waals surface area contributed by atoms with E-state index in [4.69, 9.17) is 4.74 Å². The normalized spacial score (nSPS) is 10.6. The number of hydrogen-bond donors (Lipinski definition) is 2. The van der Waals surface area contributed by atoms with Gasteiger partial charge in [-0.2, -0.15) is 0 Å². The molecule has 138 valence electrons. The lowest BCUT2D eigenvalue weighted by Crippen LogP contribution is -2.32. The van der Waals surface area contributed by atoms with Crippen LogP contribution in [0, 0.1) is 0 Å². The Hall–Kier alpha value is -2.05. The van der Waals surface area contributed by atoms with Crippen LogP contribution in [0.1, 0.15) is 30.6 Å². The van der Waals surface area contributed by atoms with Gasteiger partial charge in [0.1, 0.15) is 11.3 Å². The Bertz CT molecular complexity index is 757. The van der Waals surface area contributed by atoms with Gasteiger partial charge in [0.15, 0.2) is 0 Å². The van der Waals surface area contributed by atoms with Crippen LogP contribution in [0.5, 0.6) is 5.75 Å². The molecule has 7 heteroatoms. The lowest BCUT2D eigenvalue weighted by Gasteiger charge is -2.17. The van der Waals surface area contributed by atoms with Crippen molar-refractivity contribution in [3.63, 3.8) is 0 Å². The Labute approximate surface area is 154 Å². The highest BCUT2D eigenvalue weighted by molar-refractivity contribution is 5.97. The molecule has 1 heterocycles. The van der Waals surface area contributed by atoms with Gasteiger partial charge < -0.3 is 19.9 Å². The summed E-state index contributed by atoms with van der Waals surface area (Å²) in [5.41, 5.74) is 0.514. The van der Waals surface area contributed by atoms with Crippen molar-refractivity contribution in [2.45, 2.75) is 20.3 Å². The van der Waals surface area contributed by atoms with Crippen LogP contribution in [0.3, 0.4) is 0 Å². The summed E-state index contributed by atoms with van der Waals surface area (Å²) < 4.78 is 5.14. The average Bonchev–Trinajstić information content (AvgIpc) is 2.61. The van der Waals surface area contributed by atoms with Crippen LogP contribution in [0.2, 0.25) is 0 Å². The minimum atomic E-state index is -0.339. The van der Waals surface area contributed by atoms with Crippen LogP contribution in [-0.4, -0.2) is 49.1 Å². The predicted octanol–water partition coefficient (Wildman–Crippen LogP) is 2.42. The van der Waals surface area contributed by atoms with Gasteiger partial charge in [-0.25, -0.2) is 0 Å². The van der Waals surface area contributed by atoms with E-state index in [0.29, 0.717) is 23.2 Å². The van der Waals surface area contributed by atoms with Gasteiger partial charge in [-0.3, -0.25) is 9.59 Å². The number of nitrogens with one attached hydrogen (secondary N) is 2. The fourth-order valence-corrected chi connectivity index (χ4v) is 2.64. The molecule has 1 amide bonds. The fourth-order valence-electron chi connectivity index (χ4n) is 2.64. The van der Waals surface area contributed by atoms with E-state index in [2.05, 4.69) is 29.0 Å². The second kappa shape index (κ2) is 10.1. The number of hydrogen-bond acceptors (Lipinski definition) is 4. The number of aromatic nitrogens is 1. The summed E-state index contributed by atoms with van der Waals surface area (Å²) in [4.78, 5) is 30.0. The number of nitrogens with zero attached hydrogens (tertiary/aromatic N) is 1. The highest BCUT2D eigenvalue weighted by Gasteiger charge is 2.13. The first-order valence-electron chi connectivity index (χ1n) is 8.30. The van der Waals surface area contributed by atoms with Crippen molar-refractivity contribution in [2.24, 2.45) is 0 Å². The molecule has 6 nitrogen and oxygen atoms in total. The van der Waals surface area contributed by atoms with Crippen molar-refractivity contribution in [3.8, 4) is 5.75 Å². The third-order valence-corrected chi connectivity index (χ3v) is 4.16. The SMILES string of the molecule is CCN(CC)CCCNC(=O)c1c[nH]c2cc(OC)ccc2c1=O.Cl. The maximum Gasteiger partial charge on any atom is 0.256 e. The minimum Gasteiger partial charge on any atom is -0.497 e. The number of benzene rings is 1. The van der Waals surface area contributed by atoms with E-state index in [1.165, 1.54) is 6.20 Å². The van der Waals surface area contributed by atoms with Crippen LogP contribution in [-0.2, 0) is 0 Å². The van der Waals surface area contributed by atoms with Gasteiger partial charge in [-0.1, -0.05) is 13.8 Å². The molecule has 0 saturated carbocycles. The summed E-state index contributed by atoms with van der Waals surface area (Å²) >= 11 is 0. The molecule has 0 atom stereocenters. The molecule has 1 aromatic heterocycles. The molecule has 0 aliphatic heterocycles. The maximum atomic E-state index is 12.5. The van der Waals surface area contributed by atoms with E-state index in [1.54, 1.807) is 25.3 Å². The van der Waals surface area contributed by atoms with E-state index < -0.39 is 0 Å². The van der Waals surface area contributed by atoms with Gasteiger partial charge >= 0.3 is 0 Å². The quantitative estimate of drug-likeness (QED) is 0.703. The predicted molar refractivity (Wildman–Crippen MR) is 103 cm³/mol. The zero-order chi connectivity index (χ0) is 17.5. The number of rotatable bonds is 8. The largest absolute Gasteiger partial charge is 0.497 e. The van der Waals surface area contributed by atoms with Crippen LogP contribution < -0.4 is 15.5 Å². The third kappa shape index (κ3) is 5.21. The van der Waals surface area contributed by atoms with Gasteiger partial charge in [0.25, 0.3) is 5.91 Å². The fraction of sp³-hybridized carbons (Fsp3) is 0.444. The van der Waals surface area contributed by atoms with Crippen LogP contribution >= 0.6 is 12.4 Å². The zero-order valence-electron chi connectivity index (χ0n) is 14.9. The number of ether oxygens (including phenoxy) is 1. The summed E-state index contributed by atoms with van der Waals surface area (Å²) in [5.74, 6) is 0.320. The standard InChI is InChI=1S/C18H25N3O3.ClH/c1-4-21(5-2)10-6-9-19-18(23)15-12-20-16-11-13(24-3)7-8-14(16)17(15)22;/h7-8,11-12H,4-6,9-10H2,1-3H3,(H,19,23)(H,20,22);1H. The third-order valence-electron chi connectivity index (χ3n) is 4.16. The van der Waals surface area contributed by atoms with Crippen LogP contribution in [0.4, 0.5) is 0 Å². The van der Waals surface area contributed by atoms with Crippen LogP contribution in [0.25, 0.3) is 10.9 Å². The molecule has 0 spiro atoms. The number of halogens is 1. The summed E-state index contributed by atoms with van der Waals surface area (Å²) in [6, 6.07) is 5.12. The molecule has 0 radical (unpaired) electrons. The Morgan fingerprint density at radius 1 is 1.28 bits per heavy atom. The second-order valence-electron chi connectivity index (χ2n) is 5.58. The molecule has 0 aliphatic carbocycles. The van der Waals surface area contributed by atoms with E-state index in [-0.39, 0.29) is 29.3 Å². The van der Waals surface area contributed by atoms with Gasteiger partial charge in [-0.15, -0.1) is 12.4 Å². The van der Waals surface area contributed by atoms with Crippen molar-refractivity contribution >= 4 is 29.2 Å². The molecule has 0 unspecified atom stereocenters. The average molecular weight is 368 g/mol. The first kappa shape index (κ1) is 21.0. The molecule has 2 aromatic rings. The number of H-pyrrole nitrogens is 1. The number of methoxy groups -OCH3 is 1. The van der Waals surface area contributed by atoms with Crippen molar-refractivity contribution in [1.29, 1.82) is 0 Å². The minimum absolute atomic E-state index is 0. The zero-order valence-corrected chi connectivity index (χ0v) is 15.7. The lowest BCUT2D eigenvalue weighted by atomic mass is 10.1. The monoisotopic (exact) mass is 367 g/mol. The highest BCUT2D eigenvalue weighted by atomic mass is 35.5. The molecular formula is C18H26ClN3O3. The van der Waals surface area contributed by atoms with Gasteiger partial charge in [0.05, 0.1) is 12.6 Å². The summed E-state index contributed by atoms with van der Waals surface area (Å²) in [6.07, 6.45) is 2.32. The van der Waals surface area contributed by atoms with Crippen molar-refractivity contribution in [3.05, 3.63) is 40.2 Å². The lowest BCUT2D eigenvalue weighted by molar-refractivity contribution is 0.0950. The number of aromatic amines is 1. The van der Waals surface area contributed by atoms with E-state index >= 15 is 0 Å². The number of carbonyl (C=O) groups is 1. The van der Waals surface area contributed by atoms with Crippen molar-refractivity contribution in [2.75, 3.05) is 33.3 Å². The Morgan fingerprint density at radius 3 is 2.64 bits per heavy atom. The number of carbonyl (C=O) groups excluding carboxylic acids is 1. The molecule has 0 aliphatic rings. The van der Waals surface area contributed by atoms with Crippen LogP contribution in [0.15, 0.2) is 29.2 Å². The molecule has 2 N–H and O–H groups in total. The molecular weight excluding hydrogens is 342 g/mol. The Balaban J connectivity index is 0.00000312. The topological polar surface area (TPSA) is 74.4 Å². The Morgan fingerprint density at radius 2 is 2.00 bits per heavy atom. The number of pyridine rings is 1. The molecule has 0 saturated heterocycles. The smallest absolute Gasteiger partial charge is 0.256 e. The maximum absolute atomic E-state index is 12.5. The highest BCUT2D eigenvalue weighted by Crippen LogP contribution is 2.16. The summed E-state index contributed by atoms with van der Waals surface area (Å²) in [6.45, 7) is 7.71. The van der Waals surface area contributed by atoms with Crippen molar-refractivity contribution in [1.82, 2.24) is 15.2 Å². The first-order valence-corrected chi connectivity index (χ1v) is 8.30. The van der Waals surface area contributed by atoms with Gasteiger partial charge in [0, 0.05) is 24.2 Å². The van der Waals surface area contributed by atoms with E-state index in [9.17, 15) is 9.59 Å². The number of amides is 1. The Kier molecular flexibility index (Phi) is 8.45. The molecule has 1 aromatic carbocycles. The molecule has 0 fully saturated rings. The van der Waals surface area contributed by atoms with Gasteiger partial charge in [0.2, 0.25) is 5.43 Å². The molecule has 2 rings (SSSR count). The molecule has 0 bridgehead atoms. The number of fused-ring (bicyclic) bond motifs is 1. The summed E-state index contributed by atoms with van der Waals surface area (Å²) in [5, 5.41) is 3.30.